The first-order valence-corrected chi connectivity index (χ1v) is 10.9. The quantitative estimate of drug-likeness (QED) is 0.493. The van der Waals surface area contributed by atoms with Crippen LogP contribution in [0.15, 0.2) is 35.3 Å². The minimum Gasteiger partial charge on any atom is -0.395 e. The normalized spacial score (nSPS) is 12.9. The Labute approximate surface area is 191 Å². The molecular formula is C24H29ClFN3O3. The molecule has 2 aromatic heterocycles. The third-order valence-electron chi connectivity index (χ3n) is 5.59. The molecule has 3 rings (SSSR count). The summed E-state index contributed by atoms with van der Waals surface area (Å²) >= 11 is 5.94. The lowest BCUT2D eigenvalue weighted by molar-refractivity contribution is 0.139. The molecule has 0 aliphatic rings. The Balaban J connectivity index is 2.28. The molecule has 2 heterocycles. The van der Waals surface area contributed by atoms with Gasteiger partial charge in [0.2, 0.25) is 0 Å². The Bertz CT molecular complexity index is 1190. The molecule has 0 saturated heterocycles. The zero-order valence-electron chi connectivity index (χ0n) is 18.7. The van der Waals surface area contributed by atoms with E-state index in [0.717, 1.165) is 0 Å². The number of fused-ring (bicyclic) bond motifs is 1. The second kappa shape index (κ2) is 9.57. The Morgan fingerprint density at radius 2 is 1.97 bits per heavy atom. The monoisotopic (exact) mass is 461 g/mol. The molecule has 0 aliphatic heterocycles. The molecule has 32 heavy (non-hydrogen) atoms. The number of nitrogens with one attached hydrogen (secondary N) is 1. The molecule has 0 unspecified atom stereocenters. The van der Waals surface area contributed by atoms with E-state index >= 15 is 0 Å². The first kappa shape index (κ1) is 24.2. The predicted octanol–water partition coefficient (Wildman–Crippen LogP) is 4.07. The van der Waals surface area contributed by atoms with E-state index in [-0.39, 0.29) is 48.1 Å². The molecule has 0 fully saturated rings. The molecule has 3 aromatic rings. The Morgan fingerprint density at radius 1 is 1.25 bits per heavy atom. The SMILES string of the molecule is Cc1cn([C@H](CO)C(C)(C)C)c2nc(NCCO)c(Cc3cccc(Cl)c3F)cc2c1=O. The summed E-state index contributed by atoms with van der Waals surface area (Å²) in [5.74, 6) is -0.0781. The minimum absolute atomic E-state index is 0.0234. The average Bonchev–Trinajstić information content (AvgIpc) is 2.73. The first-order chi connectivity index (χ1) is 15.1. The van der Waals surface area contributed by atoms with Crippen LogP contribution in [-0.2, 0) is 6.42 Å². The smallest absolute Gasteiger partial charge is 0.193 e. The number of aliphatic hydroxyl groups excluding tert-OH is 2. The van der Waals surface area contributed by atoms with Gasteiger partial charge in [-0.3, -0.25) is 4.79 Å². The van der Waals surface area contributed by atoms with Gasteiger partial charge in [0.15, 0.2) is 5.43 Å². The predicted molar refractivity (Wildman–Crippen MR) is 126 cm³/mol. The Morgan fingerprint density at radius 3 is 2.59 bits per heavy atom. The van der Waals surface area contributed by atoms with Crippen LogP contribution in [0.3, 0.4) is 0 Å². The molecule has 172 valence electrons. The van der Waals surface area contributed by atoms with Crippen LogP contribution >= 0.6 is 11.6 Å². The van der Waals surface area contributed by atoms with Gasteiger partial charge < -0.3 is 20.1 Å². The van der Waals surface area contributed by atoms with Crippen molar-refractivity contribution in [2.75, 3.05) is 25.1 Å². The van der Waals surface area contributed by atoms with Gasteiger partial charge in [0.05, 0.1) is 29.7 Å². The zero-order valence-corrected chi connectivity index (χ0v) is 19.5. The highest BCUT2D eigenvalue weighted by molar-refractivity contribution is 6.30. The maximum absolute atomic E-state index is 14.6. The Kier molecular flexibility index (Phi) is 7.22. The van der Waals surface area contributed by atoms with Crippen LogP contribution in [0.4, 0.5) is 10.2 Å². The number of aromatic nitrogens is 2. The van der Waals surface area contributed by atoms with Gasteiger partial charge in [0, 0.05) is 24.7 Å². The zero-order chi connectivity index (χ0) is 23.6. The van der Waals surface area contributed by atoms with Crippen molar-refractivity contribution in [3.8, 4) is 0 Å². The summed E-state index contributed by atoms with van der Waals surface area (Å²) in [7, 11) is 0. The number of pyridine rings is 2. The largest absolute Gasteiger partial charge is 0.395 e. The third kappa shape index (κ3) is 4.80. The van der Waals surface area contributed by atoms with E-state index in [2.05, 4.69) is 5.32 Å². The lowest BCUT2D eigenvalue weighted by Gasteiger charge is -2.32. The highest BCUT2D eigenvalue weighted by Crippen LogP contribution is 2.33. The molecule has 0 amide bonds. The molecule has 0 bridgehead atoms. The molecule has 3 N–H and O–H groups in total. The molecule has 0 radical (unpaired) electrons. The maximum atomic E-state index is 14.6. The number of halogens is 2. The Hall–Kier alpha value is -2.48. The molecule has 0 aliphatic carbocycles. The second-order valence-corrected chi connectivity index (χ2v) is 9.43. The fourth-order valence-electron chi connectivity index (χ4n) is 3.82. The van der Waals surface area contributed by atoms with E-state index in [9.17, 15) is 19.4 Å². The van der Waals surface area contributed by atoms with Crippen LogP contribution in [0.5, 0.6) is 0 Å². The van der Waals surface area contributed by atoms with Crippen molar-refractivity contribution in [2.45, 2.75) is 40.2 Å². The number of anilines is 1. The summed E-state index contributed by atoms with van der Waals surface area (Å²) in [5.41, 5.74) is 1.46. The lowest BCUT2D eigenvalue weighted by Crippen LogP contribution is -2.30. The summed E-state index contributed by atoms with van der Waals surface area (Å²) in [4.78, 5) is 17.7. The van der Waals surface area contributed by atoms with Gasteiger partial charge in [-0.15, -0.1) is 0 Å². The number of rotatable bonds is 7. The van der Waals surface area contributed by atoms with Crippen LogP contribution < -0.4 is 10.7 Å². The van der Waals surface area contributed by atoms with Crippen molar-refractivity contribution in [3.63, 3.8) is 0 Å². The van der Waals surface area contributed by atoms with Crippen LogP contribution in [0.1, 0.15) is 43.5 Å². The maximum Gasteiger partial charge on any atom is 0.193 e. The van der Waals surface area contributed by atoms with Crippen LogP contribution in [0.25, 0.3) is 11.0 Å². The fraction of sp³-hybridized carbons (Fsp3) is 0.417. The third-order valence-corrected chi connectivity index (χ3v) is 5.88. The van der Waals surface area contributed by atoms with Crippen LogP contribution in [0, 0.1) is 18.2 Å². The lowest BCUT2D eigenvalue weighted by atomic mass is 9.86. The summed E-state index contributed by atoms with van der Waals surface area (Å²) in [5, 5.41) is 22.9. The number of benzene rings is 1. The topological polar surface area (TPSA) is 87.4 Å². The molecule has 6 nitrogen and oxygen atoms in total. The number of aryl methyl sites for hydroxylation is 1. The first-order valence-electron chi connectivity index (χ1n) is 10.5. The second-order valence-electron chi connectivity index (χ2n) is 9.02. The number of nitrogens with zero attached hydrogens (tertiary/aromatic N) is 2. The van der Waals surface area contributed by atoms with Crippen molar-refractivity contribution in [1.29, 1.82) is 0 Å². The van der Waals surface area contributed by atoms with Gasteiger partial charge in [-0.2, -0.15) is 0 Å². The van der Waals surface area contributed by atoms with Gasteiger partial charge >= 0.3 is 0 Å². The fourth-order valence-corrected chi connectivity index (χ4v) is 4.01. The minimum atomic E-state index is -0.517. The standard InChI is InChI=1S/C24H29ClFN3O3/c1-14-12-29(19(13-31)24(2,3)4)23-17(21(14)32)11-16(22(28-23)27-8-9-30)10-15-6-5-7-18(25)20(15)26/h5-7,11-12,19,30-31H,8-10,13H2,1-4H3,(H,27,28)/t19-/m1/s1. The van der Waals surface area contributed by atoms with Crippen LogP contribution in [-0.4, -0.2) is 39.5 Å². The molecule has 0 spiro atoms. The highest BCUT2D eigenvalue weighted by atomic mass is 35.5. The molecule has 8 heteroatoms. The summed E-state index contributed by atoms with van der Waals surface area (Å²) in [6.07, 6.45) is 1.88. The van der Waals surface area contributed by atoms with E-state index in [0.29, 0.717) is 33.5 Å². The highest BCUT2D eigenvalue weighted by Gasteiger charge is 2.28. The molecule has 0 saturated carbocycles. The summed E-state index contributed by atoms with van der Waals surface area (Å²) in [6, 6.07) is 6.18. The van der Waals surface area contributed by atoms with Crippen molar-refractivity contribution in [2.24, 2.45) is 5.41 Å². The van der Waals surface area contributed by atoms with E-state index in [1.807, 2.05) is 25.3 Å². The number of hydrogen-bond donors (Lipinski definition) is 3. The van der Waals surface area contributed by atoms with Gasteiger partial charge in [0.25, 0.3) is 0 Å². The van der Waals surface area contributed by atoms with Gasteiger partial charge in [-0.25, -0.2) is 9.37 Å². The van der Waals surface area contributed by atoms with Gasteiger partial charge in [0.1, 0.15) is 17.3 Å². The van der Waals surface area contributed by atoms with E-state index < -0.39 is 5.82 Å². The number of aliphatic hydroxyl groups is 2. The summed E-state index contributed by atoms with van der Waals surface area (Å²) in [6.45, 7) is 7.74. The van der Waals surface area contributed by atoms with Crippen molar-refractivity contribution in [1.82, 2.24) is 9.55 Å². The van der Waals surface area contributed by atoms with Gasteiger partial charge in [-0.05, 0) is 35.6 Å². The van der Waals surface area contributed by atoms with E-state index in [4.69, 9.17) is 16.6 Å². The van der Waals surface area contributed by atoms with Crippen molar-refractivity contribution in [3.05, 3.63) is 68.2 Å². The van der Waals surface area contributed by atoms with Crippen molar-refractivity contribution >= 4 is 28.5 Å². The van der Waals surface area contributed by atoms with Crippen molar-refractivity contribution < 1.29 is 14.6 Å². The van der Waals surface area contributed by atoms with Gasteiger partial charge in [-0.1, -0.05) is 44.5 Å². The molecular weight excluding hydrogens is 433 g/mol. The van der Waals surface area contributed by atoms with E-state index in [1.54, 1.807) is 31.3 Å². The number of hydrogen-bond acceptors (Lipinski definition) is 5. The molecule has 1 atom stereocenters. The van der Waals surface area contributed by atoms with Crippen LogP contribution in [0.2, 0.25) is 5.02 Å². The summed E-state index contributed by atoms with van der Waals surface area (Å²) < 4.78 is 16.4. The molecule has 1 aromatic carbocycles. The van der Waals surface area contributed by atoms with E-state index in [1.165, 1.54) is 6.07 Å². The average molecular weight is 462 g/mol.